The summed E-state index contributed by atoms with van der Waals surface area (Å²) in [6.45, 7) is 10.4. The quantitative estimate of drug-likeness (QED) is 0.902. The van der Waals surface area contributed by atoms with Crippen LogP contribution in [0.15, 0.2) is 24.3 Å². The number of benzene rings is 1. The molecule has 1 aliphatic heterocycles. The molecule has 1 aliphatic rings. The van der Waals surface area contributed by atoms with Crippen LogP contribution in [0.4, 0.5) is 0 Å². The van der Waals surface area contributed by atoms with E-state index < -0.39 is 0 Å². The Bertz CT molecular complexity index is 385. The van der Waals surface area contributed by atoms with Crippen molar-refractivity contribution < 1.29 is 0 Å². The zero-order valence-corrected chi connectivity index (χ0v) is 13.4. The minimum atomic E-state index is 0.644. The summed E-state index contributed by atoms with van der Waals surface area (Å²) in [6, 6.07) is 10.5. The zero-order valence-electron chi connectivity index (χ0n) is 13.4. The van der Waals surface area contributed by atoms with Crippen molar-refractivity contribution in [2.45, 2.75) is 65.1 Å². The number of nitrogens with zero attached hydrogens (tertiary/aromatic N) is 1. The molecule has 1 heterocycles. The first-order chi connectivity index (χ1) is 9.71. The Balaban J connectivity index is 1.92. The fourth-order valence-corrected chi connectivity index (χ4v) is 3.01. The molecule has 112 valence electrons. The van der Waals surface area contributed by atoms with Gasteiger partial charge in [-0.1, -0.05) is 38.1 Å². The second-order valence-electron chi connectivity index (χ2n) is 6.20. The van der Waals surface area contributed by atoms with E-state index >= 15 is 0 Å². The maximum absolute atomic E-state index is 3.74. The Labute approximate surface area is 124 Å². The zero-order chi connectivity index (χ0) is 14.4. The van der Waals surface area contributed by atoms with Crippen LogP contribution < -0.4 is 5.32 Å². The van der Waals surface area contributed by atoms with Crippen LogP contribution >= 0.6 is 0 Å². The summed E-state index contributed by atoms with van der Waals surface area (Å²) in [7, 11) is 0. The summed E-state index contributed by atoms with van der Waals surface area (Å²) in [5.41, 5.74) is 2.89. The van der Waals surface area contributed by atoms with Gasteiger partial charge in [0.05, 0.1) is 0 Å². The topological polar surface area (TPSA) is 15.3 Å². The van der Waals surface area contributed by atoms with Crippen molar-refractivity contribution in [3.8, 4) is 0 Å². The Kier molecular flexibility index (Phi) is 6.06. The van der Waals surface area contributed by atoms with Crippen LogP contribution in [0.25, 0.3) is 0 Å². The number of hydrogen-bond acceptors (Lipinski definition) is 2. The summed E-state index contributed by atoms with van der Waals surface area (Å²) in [6.07, 6.45) is 4.90. The van der Waals surface area contributed by atoms with Crippen molar-refractivity contribution in [1.29, 1.82) is 0 Å². The number of rotatable bonds is 4. The minimum Gasteiger partial charge on any atom is -0.311 e. The highest BCUT2D eigenvalue weighted by molar-refractivity contribution is 5.22. The molecular formula is C18H30N2. The van der Waals surface area contributed by atoms with Gasteiger partial charge in [0.25, 0.3) is 0 Å². The second kappa shape index (κ2) is 7.80. The third-order valence-corrected chi connectivity index (χ3v) is 4.52. The first-order valence-corrected chi connectivity index (χ1v) is 8.27. The number of hydrogen-bond donors (Lipinski definition) is 1. The summed E-state index contributed by atoms with van der Waals surface area (Å²) < 4.78 is 0. The van der Waals surface area contributed by atoms with Crippen molar-refractivity contribution in [3.05, 3.63) is 35.4 Å². The van der Waals surface area contributed by atoms with Gasteiger partial charge in [0.2, 0.25) is 0 Å². The molecule has 2 heteroatoms. The molecule has 0 radical (unpaired) electrons. The molecule has 20 heavy (non-hydrogen) atoms. The van der Waals surface area contributed by atoms with Crippen LogP contribution in [-0.4, -0.2) is 30.1 Å². The third kappa shape index (κ3) is 4.60. The van der Waals surface area contributed by atoms with Gasteiger partial charge in [0.15, 0.2) is 0 Å². The van der Waals surface area contributed by atoms with Crippen LogP contribution in [0.2, 0.25) is 0 Å². The molecule has 1 aromatic rings. The third-order valence-electron chi connectivity index (χ3n) is 4.52. The smallest absolute Gasteiger partial charge is 0.0233 e. The fraction of sp³-hybridized carbons (Fsp3) is 0.667. The highest BCUT2D eigenvalue weighted by Crippen LogP contribution is 2.13. The number of nitrogens with one attached hydrogen (secondary N) is 1. The van der Waals surface area contributed by atoms with Crippen LogP contribution in [0.3, 0.4) is 0 Å². The standard InChI is InChI=1S/C18H30N2/c1-4-16-6-8-17(9-7-16)14-20-12-10-15(3)19-18(5-2)11-13-20/h6-9,15,18-19H,4-5,10-14H2,1-3H3. The van der Waals surface area contributed by atoms with E-state index in [9.17, 15) is 0 Å². The van der Waals surface area contributed by atoms with Gasteiger partial charge in [-0.25, -0.2) is 0 Å². The van der Waals surface area contributed by atoms with E-state index in [0.717, 1.165) is 13.0 Å². The van der Waals surface area contributed by atoms with Crippen molar-refractivity contribution in [2.24, 2.45) is 0 Å². The highest BCUT2D eigenvalue weighted by atomic mass is 15.1. The SMILES string of the molecule is CCc1ccc(CN2CCC(C)NC(CC)CC2)cc1. The predicted octanol–water partition coefficient (Wildman–Crippen LogP) is 3.60. The molecule has 1 aromatic carbocycles. The van der Waals surface area contributed by atoms with Crippen LogP contribution in [0, 0.1) is 0 Å². The molecule has 2 atom stereocenters. The summed E-state index contributed by atoms with van der Waals surface area (Å²) in [5, 5.41) is 3.74. The lowest BCUT2D eigenvalue weighted by Crippen LogP contribution is -2.43. The molecule has 0 bridgehead atoms. The highest BCUT2D eigenvalue weighted by Gasteiger charge is 2.17. The molecule has 0 spiro atoms. The van der Waals surface area contributed by atoms with Gasteiger partial charge < -0.3 is 5.32 Å². The van der Waals surface area contributed by atoms with Crippen LogP contribution in [0.1, 0.15) is 51.2 Å². The lowest BCUT2D eigenvalue weighted by Gasteiger charge is -2.32. The summed E-state index contributed by atoms with van der Waals surface area (Å²) >= 11 is 0. The predicted molar refractivity (Wildman–Crippen MR) is 87.0 cm³/mol. The average molecular weight is 274 g/mol. The van der Waals surface area contributed by atoms with Crippen molar-refractivity contribution in [2.75, 3.05) is 13.1 Å². The molecule has 1 saturated heterocycles. The minimum absolute atomic E-state index is 0.644. The molecule has 0 aromatic heterocycles. The Hall–Kier alpha value is -0.860. The van der Waals surface area contributed by atoms with E-state index in [1.54, 1.807) is 0 Å². The molecule has 2 rings (SSSR count). The lowest BCUT2D eigenvalue weighted by molar-refractivity contribution is 0.206. The maximum atomic E-state index is 3.74. The van der Waals surface area contributed by atoms with E-state index in [4.69, 9.17) is 0 Å². The van der Waals surface area contributed by atoms with E-state index in [1.165, 1.54) is 43.5 Å². The summed E-state index contributed by atoms with van der Waals surface area (Å²) in [5.74, 6) is 0. The van der Waals surface area contributed by atoms with Crippen LogP contribution in [0.5, 0.6) is 0 Å². The Morgan fingerprint density at radius 1 is 1.05 bits per heavy atom. The first kappa shape index (κ1) is 15.5. The van der Waals surface area contributed by atoms with Crippen LogP contribution in [-0.2, 0) is 13.0 Å². The molecular weight excluding hydrogens is 244 g/mol. The molecule has 1 N–H and O–H groups in total. The maximum Gasteiger partial charge on any atom is 0.0233 e. The van der Waals surface area contributed by atoms with Gasteiger partial charge in [0.1, 0.15) is 0 Å². The molecule has 1 fully saturated rings. The molecule has 2 unspecified atom stereocenters. The first-order valence-electron chi connectivity index (χ1n) is 8.27. The van der Waals surface area contributed by atoms with Gasteiger partial charge in [-0.05, 0) is 56.8 Å². The van der Waals surface area contributed by atoms with Gasteiger partial charge in [0, 0.05) is 18.6 Å². The normalized spacial score (nSPS) is 25.1. The number of aryl methyl sites for hydroxylation is 1. The van der Waals surface area contributed by atoms with Gasteiger partial charge >= 0.3 is 0 Å². The van der Waals surface area contributed by atoms with E-state index in [-0.39, 0.29) is 0 Å². The monoisotopic (exact) mass is 274 g/mol. The van der Waals surface area contributed by atoms with Crippen molar-refractivity contribution in [1.82, 2.24) is 10.2 Å². The molecule has 0 aliphatic carbocycles. The lowest BCUT2D eigenvalue weighted by atomic mass is 10.0. The van der Waals surface area contributed by atoms with E-state index in [0.29, 0.717) is 12.1 Å². The molecule has 0 amide bonds. The Morgan fingerprint density at radius 3 is 2.35 bits per heavy atom. The Morgan fingerprint density at radius 2 is 1.70 bits per heavy atom. The van der Waals surface area contributed by atoms with Crippen molar-refractivity contribution in [3.63, 3.8) is 0 Å². The fourth-order valence-electron chi connectivity index (χ4n) is 3.01. The van der Waals surface area contributed by atoms with Gasteiger partial charge in [-0.15, -0.1) is 0 Å². The van der Waals surface area contributed by atoms with Gasteiger partial charge in [-0.3, -0.25) is 4.90 Å². The second-order valence-corrected chi connectivity index (χ2v) is 6.20. The summed E-state index contributed by atoms with van der Waals surface area (Å²) in [4.78, 5) is 2.63. The van der Waals surface area contributed by atoms with Gasteiger partial charge in [-0.2, -0.15) is 0 Å². The van der Waals surface area contributed by atoms with Crippen molar-refractivity contribution >= 4 is 0 Å². The average Bonchev–Trinajstić information content (AvgIpc) is 2.47. The molecule has 0 saturated carbocycles. The molecule has 2 nitrogen and oxygen atoms in total. The van der Waals surface area contributed by atoms with E-state index in [2.05, 4.69) is 55.3 Å². The largest absolute Gasteiger partial charge is 0.311 e. The van der Waals surface area contributed by atoms with E-state index in [1.807, 2.05) is 0 Å².